The lowest BCUT2D eigenvalue weighted by atomic mass is 10.0. The Morgan fingerprint density at radius 2 is 2.03 bits per heavy atom. The molecule has 0 unspecified atom stereocenters. The lowest BCUT2D eigenvalue weighted by Crippen LogP contribution is -2.28. The minimum atomic E-state index is -0.443. The number of benzene rings is 1. The van der Waals surface area contributed by atoms with E-state index in [1.54, 1.807) is 18.5 Å². The first-order valence-electron chi connectivity index (χ1n) is 11.0. The van der Waals surface area contributed by atoms with Gasteiger partial charge in [0, 0.05) is 43.2 Å². The Hall–Kier alpha value is -4.01. The number of urea groups is 1. The molecular weight excluding hydrogens is 421 g/mol. The maximum Gasteiger partial charge on any atom is 0.321 e. The van der Waals surface area contributed by atoms with E-state index in [1.807, 2.05) is 25.3 Å². The van der Waals surface area contributed by atoms with Gasteiger partial charge in [-0.2, -0.15) is 0 Å². The molecule has 3 aromatic heterocycles. The Morgan fingerprint density at radius 3 is 2.82 bits per heavy atom. The van der Waals surface area contributed by atoms with Crippen molar-refractivity contribution >= 4 is 28.7 Å². The quantitative estimate of drug-likeness (QED) is 0.418. The Balaban J connectivity index is 1.63. The van der Waals surface area contributed by atoms with Gasteiger partial charge in [0.2, 0.25) is 5.95 Å². The molecule has 1 aliphatic heterocycles. The minimum absolute atomic E-state index is 0.198. The monoisotopic (exact) mass is 445 g/mol. The maximum atomic E-state index is 14.7. The number of pyridine rings is 2. The number of carbonyl (C=O) groups excluding carboxylic acids is 1. The fourth-order valence-corrected chi connectivity index (χ4v) is 4.15. The zero-order valence-corrected chi connectivity index (χ0v) is 18.2. The van der Waals surface area contributed by atoms with Crippen LogP contribution >= 0.6 is 0 Å². The zero-order chi connectivity index (χ0) is 22.8. The second-order valence-electron chi connectivity index (χ2n) is 7.95. The van der Waals surface area contributed by atoms with Crippen molar-refractivity contribution in [2.45, 2.75) is 19.8 Å². The van der Waals surface area contributed by atoms with Gasteiger partial charge in [-0.1, -0.05) is 0 Å². The zero-order valence-electron chi connectivity index (χ0n) is 18.2. The summed E-state index contributed by atoms with van der Waals surface area (Å²) >= 11 is 0. The minimum Gasteiger partial charge on any atom is -0.370 e. The van der Waals surface area contributed by atoms with Crippen LogP contribution in [-0.4, -0.2) is 45.6 Å². The van der Waals surface area contributed by atoms with Crippen LogP contribution < -0.4 is 15.5 Å². The molecule has 168 valence electrons. The van der Waals surface area contributed by atoms with E-state index in [-0.39, 0.29) is 17.7 Å². The van der Waals surface area contributed by atoms with Gasteiger partial charge < -0.3 is 15.2 Å². The number of hydrogen-bond donors (Lipinski definition) is 3. The van der Waals surface area contributed by atoms with Crippen LogP contribution in [0.1, 0.15) is 19.8 Å². The molecule has 4 heterocycles. The number of aromatic nitrogens is 4. The van der Waals surface area contributed by atoms with Crippen molar-refractivity contribution in [3.63, 3.8) is 0 Å². The number of nitrogens with one attached hydrogen (secondary N) is 3. The van der Waals surface area contributed by atoms with Crippen LogP contribution in [0, 0.1) is 5.82 Å². The van der Waals surface area contributed by atoms with Crippen molar-refractivity contribution < 1.29 is 9.18 Å². The highest BCUT2D eigenvalue weighted by Gasteiger charge is 2.18. The third-order valence-electron chi connectivity index (χ3n) is 5.70. The van der Waals surface area contributed by atoms with Crippen LogP contribution in [0.5, 0.6) is 0 Å². The smallest absolute Gasteiger partial charge is 0.321 e. The summed E-state index contributed by atoms with van der Waals surface area (Å²) in [6.07, 6.45) is 7.57. The van der Waals surface area contributed by atoms with Gasteiger partial charge in [-0.3, -0.25) is 15.3 Å². The van der Waals surface area contributed by atoms with E-state index in [0.29, 0.717) is 23.1 Å². The van der Waals surface area contributed by atoms with Crippen LogP contribution in [-0.2, 0) is 0 Å². The first-order valence-corrected chi connectivity index (χ1v) is 11.0. The number of nitrogens with zero attached hydrogens (tertiary/aromatic N) is 4. The first-order chi connectivity index (χ1) is 16.1. The second kappa shape index (κ2) is 8.85. The van der Waals surface area contributed by atoms with Crippen LogP contribution in [0.15, 0.2) is 48.9 Å². The normalized spacial score (nSPS) is 13.5. The van der Waals surface area contributed by atoms with Crippen LogP contribution in [0.2, 0.25) is 0 Å². The molecule has 0 saturated carbocycles. The first kappa shape index (κ1) is 20.9. The summed E-state index contributed by atoms with van der Waals surface area (Å²) in [6.45, 7) is 4.35. The molecule has 1 aromatic carbocycles. The lowest BCUT2D eigenvalue weighted by Gasteiger charge is -2.18. The number of hydrogen-bond acceptors (Lipinski definition) is 5. The molecule has 33 heavy (non-hydrogen) atoms. The van der Waals surface area contributed by atoms with Crippen molar-refractivity contribution in [2.75, 3.05) is 29.9 Å². The molecule has 0 radical (unpaired) electrons. The van der Waals surface area contributed by atoms with Gasteiger partial charge in [0.05, 0.1) is 17.4 Å². The standard InChI is InChI=1S/C24H24FN7O/c1-2-27-24(33)31-23-29-20-12-15(16-10-17(14-26-13-16)32-8-3-4-9-32)11-18(22(20)30-23)21-19(25)6-5-7-28-21/h5-7,10-14H,2-4,8-9H2,1H3,(H3,27,29,30,31,33). The molecule has 3 N–H and O–H groups in total. The topological polar surface area (TPSA) is 98.8 Å². The SMILES string of the molecule is CCNC(=O)Nc1nc2c(-c3ncccc3F)cc(-c3cncc(N4CCCC4)c3)cc2[nH]1. The number of anilines is 2. The maximum absolute atomic E-state index is 14.7. The van der Waals surface area contributed by atoms with Crippen molar-refractivity contribution in [1.82, 2.24) is 25.3 Å². The number of carbonyl (C=O) groups is 1. The summed E-state index contributed by atoms with van der Waals surface area (Å²) in [5.74, 6) is -0.171. The van der Waals surface area contributed by atoms with Crippen LogP contribution in [0.3, 0.4) is 0 Å². The summed E-state index contributed by atoms with van der Waals surface area (Å²) < 4.78 is 14.7. The third-order valence-corrected chi connectivity index (χ3v) is 5.70. The number of H-pyrrole nitrogens is 1. The second-order valence-corrected chi connectivity index (χ2v) is 7.95. The largest absolute Gasteiger partial charge is 0.370 e. The van der Waals surface area contributed by atoms with Gasteiger partial charge in [-0.05, 0) is 55.7 Å². The summed E-state index contributed by atoms with van der Waals surface area (Å²) in [6, 6.07) is 8.45. The number of rotatable bonds is 5. The van der Waals surface area contributed by atoms with E-state index in [4.69, 9.17) is 0 Å². The highest BCUT2D eigenvalue weighted by molar-refractivity contribution is 5.98. The van der Waals surface area contributed by atoms with Gasteiger partial charge >= 0.3 is 6.03 Å². The summed E-state index contributed by atoms with van der Waals surface area (Å²) in [5.41, 5.74) is 4.74. The van der Waals surface area contributed by atoms with E-state index in [1.165, 1.54) is 18.9 Å². The predicted molar refractivity (Wildman–Crippen MR) is 127 cm³/mol. The summed E-state index contributed by atoms with van der Waals surface area (Å²) in [5, 5.41) is 5.35. The number of imidazole rings is 1. The molecule has 4 aromatic rings. The van der Waals surface area contributed by atoms with Crippen molar-refractivity contribution in [3.05, 3.63) is 54.7 Å². The number of halogens is 1. The van der Waals surface area contributed by atoms with Gasteiger partial charge in [0.15, 0.2) is 0 Å². The van der Waals surface area contributed by atoms with Gasteiger partial charge in [-0.15, -0.1) is 0 Å². The highest BCUT2D eigenvalue weighted by Crippen LogP contribution is 2.35. The molecule has 1 aliphatic rings. The predicted octanol–water partition coefficient (Wildman–Crippen LogP) is 4.57. The van der Waals surface area contributed by atoms with E-state index in [0.717, 1.165) is 29.9 Å². The Morgan fingerprint density at radius 1 is 1.18 bits per heavy atom. The summed E-state index contributed by atoms with van der Waals surface area (Å²) in [7, 11) is 0. The molecule has 8 nitrogen and oxygen atoms in total. The van der Waals surface area contributed by atoms with E-state index < -0.39 is 5.82 Å². The average Bonchev–Trinajstić information content (AvgIpc) is 3.49. The van der Waals surface area contributed by atoms with E-state index in [2.05, 4.69) is 41.5 Å². The van der Waals surface area contributed by atoms with E-state index >= 15 is 0 Å². The number of aromatic amines is 1. The average molecular weight is 446 g/mol. The lowest BCUT2D eigenvalue weighted by molar-refractivity contribution is 0.252. The van der Waals surface area contributed by atoms with Crippen LogP contribution in [0.25, 0.3) is 33.4 Å². The van der Waals surface area contributed by atoms with Crippen LogP contribution in [0.4, 0.5) is 20.8 Å². The van der Waals surface area contributed by atoms with Crippen molar-refractivity contribution in [1.29, 1.82) is 0 Å². The third kappa shape index (κ3) is 4.21. The van der Waals surface area contributed by atoms with Gasteiger partial charge in [0.25, 0.3) is 0 Å². The molecule has 2 amide bonds. The molecule has 1 fully saturated rings. The number of fused-ring (bicyclic) bond motifs is 1. The molecule has 0 bridgehead atoms. The Kier molecular flexibility index (Phi) is 5.60. The fourth-order valence-electron chi connectivity index (χ4n) is 4.15. The summed E-state index contributed by atoms with van der Waals surface area (Å²) in [4.78, 5) is 30.7. The Labute approximate surface area is 190 Å². The molecule has 1 saturated heterocycles. The van der Waals surface area contributed by atoms with Crippen molar-refractivity contribution in [2.24, 2.45) is 0 Å². The van der Waals surface area contributed by atoms with E-state index in [9.17, 15) is 9.18 Å². The van der Waals surface area contributed by atoms with Gasteiger partial charge in [0.1, 0.15) is 17.0 Å². The van der Waals surface area contributed by atoms with Crippen molar-refractivity contribution in [3.8, 4) is 22.4 Å². The molecule has 0 aliphatic carbocycles. The van der Waals surface area contributed by atoms with Gasteiger partial charge in [-0.25, -0.2) is 14.2 Å². The highest BCUT2D eigenvalue weighted by atomic mass is 19.1. The number of amides is 2. The molecule has 5 rings (SSSR count). The Bertz CT molecular complexity index is 1310. The molecule has 0 spiro atoms. The molecule has 9 heteroatoms. The molecular formula is C24H24FN7O. The fraction of sp³-hybridized carbons (Fsp3) is 0.250. The molecule has 0 atom stereocenters.